The van der Waals surface area contributed by atoms with Crippen LogP contribution in [0.25, 0.3) is 10.9 Å². The van der Waals surface area contributed by atoms with E-state index < -0.39 is 0 Å². The molecule has 6 nitrogen and oxygen atoms in total. The van der Waals surface area contributed by atoms with E-state index in [0.29, 0.717) is 23.2 Å². The first-order valence-electron chi connectivity index (χ1n) is 9.12. The minimum Gasteiger partial charge on any atom is -0.484 e. The van der Waals surface area contributed by atoms with Crippen LogP contribution in [-0.2, 0) is 17.8 Å². The van der Waals surface area contributed by atoms with Crippen LogP contribution in [0.1, 0.15) is 30.8 Å². The molecule has 1 aliphatic heterocycles. The second-order valence-corrected chi connectivity index (χ2v) is 6.76. The summed E-state index contributed by atoms with van der Waals surface area (Å²) < 4.78 is 7.32. The lowest BCUT2D eigenvalue weighted by Gasteiger charge is -2.14. The molecule has 1 N–H and O–H groups in total. The van der Waals surface area contributed by atoms with Gasteiger partial charge in [-0.05, 0) is 37.1 Å². The van der Waals surface area contributed by atoms with Gasteiger partial charge < -0.3 is 10.1 Å². The third-order valence-corrected chi connectivity index (χ3v) is 4.83. The Morgan fingerprint density at radius 3 is 2.89 bits per heavy atom. The Labute approximate surface area is 156 Å². The highest BCUT2D eigenvalue weighted by Gasteiger charge is 2.16. The summed E-state index contributed by atoms with van der Waals surface area (Å²) in [5, 5.41) is 3.43. The SMILES string of the molecule is CC(NC(=O)COc1ccc2nc3n(c(=O)c2c1)CCC3)c1ccccc1. The van der Waals surface area contributed by atoms with Crippen molar-refractivity contribution in [3.63, 3.8) is 0 Å². The molecular weight excluding hydrogens is 342 g/mol. The molecule has 27 heavy (non-hydrogen) atoms. The summed E-state index contributed by atoms with van der Waals surface area (Å²) >= 11 is 0. The fraction of sp³-hybridized carbons (Fsp3) is 0.286. The molecule has 0 spiro atoms. The standard InChI is InChI=1S/C21H21N3O3/c1-14(15-6-3-2-4-7-15)22-20(25)13-27-16-9-10-18-17(12-16)21(26)24-11-5-8-19(24)23-18/h2-4,6-7,9-10,12,14H,5,8,11,13H2,1H3,(H,22,25). The van der Waals surface area contributed by atoms with Gasteiger partial charge in [0.1, 0.15) is 11.6 Å². The van der Waals surface area contributed by atoms with Crippen LogP contribution >= 0.6 is 0 Å². The van der Waals surface area contributed by atoms with Crippen molar-refractivity contribution in [2.24, 2.45) is 0 Å². The zero-order valence-electron chi connectivity index (χ0n) is 15.1. The summed E-state index contributed by atoms with van der Waals surface area (Å²) in [7, 11) is 0. The van der Waals surface area contributed by atoms with Gasteiger partial charge in [-0.1, -0.05) is 30.3 Å². The quantitative estimate of drug-likeness (QED) is 0.756. The molecule has 4 rings (SSSR count). The number of nitrogens with one attached hydrogen (secondary N) is 1. The van der Waals surface area contributed by atoms with Crippen LogP contribution in [0.15, 0.2) is 53.3 Å². The number of rotatable bonds is 5. The van der Waals surface area contributed by atoms with E-state index in [0.717, 1.165) is 24.2 Å². The number of hydrogen-bond acceptors (Lipinski definition) is 4. The summed E-state index contributed by atoms with van der Waals surface area (Å²) in [5.41, 5.74) is 1.66. The van der Waals surface area contributed by atoms with Gasteiger partial charge in [-0.15, -0.1) is 0 Å². The van der Waals surface area contributed by atoms with Crippen molar-refractivity contribution >= 4 is 16.8 Å². The van der Waals surface area contributed by atoms with Gasteiger partial charge in [-0.25, -0.2) is 4.98 Å². The number of carbonyl (C=O) groups is 1. The average Bonchev–Trinajstić information content (AvgIpc) is 3.16. The van der Waals surface area contributed by atoms with Gasteiger partial charge >= 0.3 is 0 Å². The largest absolute Gasteiger partial charge is 0.484 e. The summed E-state index contributed by atoms with van der Waals surface area (Å²) in [6.45, 7) is 2.53. The fourth-order valence-corrected chi connectivity index (χ4v) is 3.41. The highest BCUT2D eigenvalue weighted by molar-refractivity contribution is 5.80. The summed E-state index contributed by atoms with van der Waals surface area (Å²) in [5.74, 6) is 1.12. The molecule has 2 aromatic carbocycles. The Kier molecular flexibility index (Phi) is 4.62. The molecule has 0 saturated carbocycles. The number of aromatic nitrogens is 2. The lowest BCUT2D eigenvalue weighted by Crippen LogP contribution is -2.31. The van der Waals surface area contributed by atoms with Gasteiger partial charge in [0.15, 0.2) is 6.61 Å². The van der Waals surface area contributed by atoms with Crippen molar-refractivity contribution in [3.8, 4) is 5.75 Å². The van der Waals surface area contributed by atoms with Crippen molar-refractivity contribution in [2.75, 3.05) is 6.61 Å². The highest BCUT2D eigenvalue weighted by Crippen LogP contribution is 2.20. The second kappa shape index (κ2) is 7.23. The minimum atomic E-state index is -0.213. The third-order valence-electron chi connectivity index (χ3n) is 4.83. The molecular formula is C21H21N3O3. The van der Waals surface area contributed by atoms with E-state index in [4.69, 9.17) is 4.74 Å². The number of hydrogen-bond donors (Lipinski definition) is 1. The van der Waals surface area contributed by atoms with E-state index >= 15 is 0 Å². The van der Waals surface area contributed by atoms with Crippen LogP contribution in [0.3, 0.4) is 0 Å². The van der Waals surface area contributed by atoms with Crippen LogP contribution in [0.5, 0.6) is 5.75 Å². The van der Waals surface area contributed by atoms with E-state index in [-0.39, 0.29) is 24.1 Å². The van der Waals surface area contributed by atoms with Gasteiger partial charge in [0, 0.05) is 13.0 Å². The van der Waals surface area contributed by atoms with Crippen molar-refractivity contribution < 1.29 is 9.53 Å². The molecule has 0 fully saturated rings. The first-order valence-corrected chi connectivity index (χ1v) is 9.12. The van der Waals surface area contributed by atoms with Crippen LogP contribution in [0.2, 0.25) is 0 Å². The van der Waals surface area contributed by atoms with Crippen molar-refractivity contribution in [1.29, 1.82) is 0 Å². The predicted molar refractivity (Wildman–Crippen MR) is 103 cm³/mol. The van der Waals surface area contributed by atoms with Crippen molar-refractivity contribution in [1.82, 2.24) is 14.9 Å². The van der Waals surface area contributed by atoms with Crippen molar-refractivity contribution in [3.05, 3.63) is 70.3 Å². The van der Waals surface area contributed by atoms with Gasteiger partial charge in [0.25, 0.3) is 11.5 Å². The predicted octanol–water partition coefficient (Wildman–Crippen LogP) is 2.60. The van der Waals surface area contributed by atoms with E-state index in [9.17, 15) is 9.59 Å². The van der Waals surface area contributed by atoms with Crippen LogP contribution < -0.4 is 15.6 Å². The van der Waals surface area contributed by atoms with E-state index in [1.807, 2.05) is 37.3 Å². The monoisotopic (exact) mass is 363 g/mol. The number of fused-ring (bicyclic) bond motifs is 2. The number of nitrogens with zero attached hydrogens (tertiary/aromatic N) is 2. The first kappa shape index (κ1) is 17.3. The van der Waals surface area contributed by atoms with Gasteiger partial charge in [0.05, 0.1) is 16.9 Å². The Morgan fingerprint density at radius 1 is 1.26 bits per heavy atom. The molecule has 1 unspecified atom stereocenters. The summed E-state index contributed by atoms with van der Waals surface area (Å²) in [6, 6.07) is 14.8. The molecule has 138 valence electrons. The van der Waals surface area contributed by atoms with Gasteiger partial charge in [-0.3, -0.25) is 14.2 Å². The van der Waals surface area contributed by atoms with E-state index in [1.54, 1.807) is 22.8 Å². The van der Waals surface area contributed by atoms with E-state index in [2.05, 4.69) is 10.3 Å². The maximum Gasteiger partial charge on any atom is 0.261 e. The molecule has 0 bridgehead atoms. The number of amides is 1. The Hall–Kier alpha value is -3.15. The van der Waals surface area contributed by atoms with Crippen LogP contribution in [0, 0.1) is 0 Å². The zero-order chi connectivity index (χ0) is 18.8. The summed E-state index contributed by atoms with van der Waals surface area (Å²) in [6.07, 6.45) is 1.78. The maximum absolute atomic E-state index is 12.6. The van der Waals surface area contributed by atoms with Gasteiger partial charge in [0.2, 0.25) is 0 Å². The van der Waals surface area contributed by atoms with E-state index in [1.165, 1.54) is 0 Å². The fourth-order valence-electron chi connectivity index (χ4n) is 3.41. The lowest BCUT2D eigenvalue weighted by molar-refractivity contribution is -0.123. The van der Waals surface area contributed by atoms with Crippen molar-refractivity contribution in [2.45, 2.75) is 32.4 Å². The molecule has 6 heteroatoms. The zero-order valence-corrected chi connectivity index (χ0v) is 15.1. The first-order chi connectivity index (χ1) is 13.1. The summed E-state index contributed by atoms with van der Waals surface area (Å²) in [4.78, 5) is 29.3. The van der Waals surface area contributed by atoms with Crippen LogP contribution in [-0.4, -0.2) is 22.1 Å². The molecule has 2 heterocycles. The normalized spacial score (nSPS) is 14.0. The smallest absolute Gasteiger partial charge is 0.261 e. The molecule has 1 aromatic heterocycles. The molecule has 0 aliphatic carbocycles. The molecule has 0 saturated heterocycles. The highest BCUT2D eigenvalue weighted by atomic mass is 16.5. The maximum atomic E-state index is 12.6. The Bertz CT molecular complexity index is 1040. The van der Waals surface area contributed by atoms with Crippen LogP contribution in [0.4, 0.5) is 0 Å². The molecule has 1 atom stereocenters. The molecule has 0 radical (unpaired) electrons. The Balaban J connectivity index is 1.44. The Morgan fingerprint density at radius 2 is 2.07 bits per heavy atom. The number of benzene rings is 2. The third kappa shape index (κ3) is 3.56. The number of ether oxygens (including phenoxy) is 1. The second-order valence-electron chi connectivity index (χ2n) is 6.76. The lowest BCUT2D eigenvalue weighted by atomic mass is 10.1. The minimum absolute atomic E-state index is 0.0416. The molecule has 1 amide bonds. The van der Waals surface area contributed by atoms with Gasteiger partial charge in [-0.2, -0.15) is 0 Å². The number of carbonyl (C=O) groups excluding carboxylic acids is 1. The average molecular weight is 363 g/mol. The molecule has 3 aromatic rings. The molecule has 1 aliphatic rings. The topological polar surface area (TPSA) is 73.2 Å². The number of aryl methyl sites for hydroxylation is 1.